The fourth-order valence-corrected chi connectivity index (χ4v) is 2.84. The summed E-state index contributed by atoms with van der Waals surface area (Å²) in [5, 5.41) is 11.1. The average molecular weight is 325 g/mol. The van der Waals surface area contributed by atoms with Gasteiger partial charge in [-0.05, 0) is 12.8 Å². The standard InChI is InChI=1S/C16H22O7/c1-2-14(17)23-11(7-10-8-21-10)9-22-16(20)13-6-4-3-5-12(13)15(18)19/h2,10-13H,1,3-9H2,(H,18,19)/p-1. The van der Waals surface area contributed by atoms with E-state index in [9.17, 15) is 19.5 Å². The van der Waals surface area contributed by atoms with Crippen LogP contribution in [0.25, 0.3) is 0 Å². The molecule has 0 spiro atoms. The molecule has 0 aromatic carbocycles. The van der Waals surface area contributed by atoms with Crippen LogP contribution in [0.4, 0.5) is 0 Å². The summed E-state index contributed by atoms with van der Waals surface area (Å²) in [4.78, 5) is 34.6. The number of hydrogen-bond acceptors (Lipinski definition) is 7. The normalized spacial score (nSPS) is 27.6. The molecule has 2 aliphatic rings. The van der Waals surface area contributed by atoms with E-state index in [1.54, 1.807) is 0 Å². The molecule has 1 saturated heterocycles. The van der Waals surface area contributed by atoms with Crippen molar-refractivity contribution in [3.8, 4) is 0 Å². The Kier molecular flexibility index (Phi) is 6.15. The molecule has 2 rings (SSSR count). The molecule has 7 heteroatoms. The molecule has 0 radical (unpaired) electrons. The molecular formula is C16H21O7-. The molecule has 0 aromatic heterocycles. The Labute approximate surface area is 134 Å². The maximum absolute atomic E-state index is 12.2. The van der Waals surface area contributed by atoms with Crippen molar-refractivity contribution in [3.05, 3.63) is 12.7 Å². The van der Waals surface area contributed by atoms with E-state index in [1.165, 1.54) is 0 Å². The van der Waals surface area contributed by atoms with Crippen LogP contribution in [0.5, 0.6) is 0 Å². The Hall–Kier alpha value is -1.89. The number of carbonyl (C=O) groups is 3. The molecule has 0 bridgehead atoms. The van der Waals surface area contributed by atoms with Crippen molar-refractivity contribution >= 4 is 17.9 Å². The number of hydrogen-bond donors (Lipinski definition) is 0. The van der Waals surface area contributed by atoms with Crippen LogP contribution in [0, 0.1) is 11.8 Å². The second-order valence-electron chi connectivity index (χ2n) is 5.90. The van der Waals surface area contributed by atoms with Gasteiger partial charge in [0.15, 0.2) is 0 Å². The van der Waals surface area contributed by atoms with Crippen molar-refractivity contribution in [1.29, 1.82) is 0 Å². The zero-order chi connectivity index (χ0) is 16.8. The number of aliphatic carboxylic acids is 1. The van der Waals surface area contributed by atoms with Crippen LogP contribution in [0.3, 0.4) is 0 Å². The minimum absolute atomic E-state index is 0.00182. The minimum atomic E-state index is -1.22. The van der Waals surface area contributed by atoms with E-state index in [4.69, 9.17) is 14.2 Å². The van der Waals surface area contributed by atoms with Crippen molar-refractivity contribution in [1.82, 2.24) is 0 Å². The monoisotopic (exact) mass is 325 g/mol. The van der Waals surface area contributed by atoms with Crippen molar-refractivity contribution in [2.75, 3.05) is 13.2 Å². The lowest BCUT2D eigenvalue weighted by Crippen LogP contribution is -2.41. The number of ether oxygens (including phenoxy) is 3. The van der Waals surface area contributed by atoms with E-state index in [2.05, 4.69) is 6.58 Å². The van der Waals surface area contributed by atoms with Gasteiger partial charge >= 0.3 is 11.9 Å². The summed E-state index contributed by atoms with van der Waals surface area (Å²) in [6, 6.07) is 0. The molecule has 0 aromatic rings. The van der Waals surface area contributed by atoms with E-state index in [-0.39, 0.29) is 12.7 Å². The molecule has 0 N–H and O–H groups in total. The number of esters is 2. The van der Waals surface area contributed by atoms with E-state index < -0.39 is 35.8 Å². The Morgan fingerprint density at radius 2 is 1.91 bits per heavy atom. The molecule has 2 fully saturated rings. The second-order valence-corrected chi connectivity index (χ2v) is 5.90. The largest absolute Gasteiger partial charge is 0.550 e. The van der Waals surface area contributed by atoms with Gasteiger partial charge in [-0.15, -0.1) is 0 Å². The molecule has 7 nitrogen and oxygen atoms in total. The third-order valence-electron chi connectivity index (χ3n) is 4.16. The highest BCUT2D eigenvalue weighted by Crippen LogP contribution is 2.31. The molecule has 1 heterocycles. The lowest BCUT2D eigenvalue weighted by Gasteiger charge is -2.30. The van der Waals surface area contributed by atoms with Crippen LogP contribution < -0.4 is 5.11 Å². The van der Waals surface area contributed by atoms with Crippen LogP contribution in [-0.4, -0.2) is 43.3 Å². The highest BCUT2D eigenvalue weighted by Gasteiger charge is 2.34. The molecule has 1 aliphatic carbocycles. The second kappa shape index (κ2) is 8.10. The fraction of sp³-hybridized carbons (Fsp3) is 0.688. The summed E-state index contributed by atoms with van der Waals surface area (Å²) in [5.74, 6) is -3.89. The van der Waals surface area contributed by atoms with Gasteiger partial charge in [0, 0.05) is 24.4 Å². The highest BCUT2D eigenvalue weighted by molar-refractivity contribution is 5.81. The Bertz CT molecular complexity index is 469. The predicted octanol–water partition coefficient (Wildman–Crippen LogP) is -0.0274. The summed E-state index contributed by atoms with van der Waals surface area (Å²) in [6.07, 6.45) is 3.30. The highest BCUT2D eigenvalue weighted by atomic mass is 16.6. The van der Waals surface area contributed by atoms with Crippen LogP contribution >= 0.6 is 0 Å². The number of carboxylic acids is 1. The molecule has 23 heavy (non-hydrogen) atoms. The summed E-state index contributed by atoms with van der Waals surface area (Å²) < 4.78 is 15.4. The van der Waals surface area contributed by atoms with Crippen molar-refractivity contribution in [3.63, 3.8) is 0 Å². The number of epoxide rings is 1. The zero-order valence-electron chi connectivity index (χ0n) is 12.9. The van der Waals surface area contributed by atoms with Gasteiger partial charge in [-0.3, -0.25) is 4.79 Å². The average Bonchev–Trinajstić information content (AvgIpc) is 3.36. The van der Waals surface area contributed by atoms with Crippen molar-refractivity contribution in [2.45, 2.75) is 44.3 Å². The molecule has 0 amide bonds. The third kappa shape index (κ3) is 5.35. The predicted molar refractivity (Wildman–Crippen MR) is 75.8 cm³/mol. The van der Waals surface area contributed by atoms with Gasteiger partial charge in [0.1, 0.15) is 12.7 Å². The first-order valence-electron chi connectivity index (χ1n) is 7.83. The third-order valence-corrected chi connectivity index (χ3v) is 4.16. The van der Waals surface area contributed by atoms with Gasteiger partial charge in [0.05, 0.1) is 18.6 Å². The van der Waals surface area contributed by atoms with E-state index >= 15 is 0 Å². The first kappa shape index (κ1) is 17.5. The zero-order valence-corrected chi connectivity index (χ0v) is 12.9. The minimum Gasteiger partial charge on any atom is -0.550 e. The SMILES string of the molecule is C=CC(=O)OC(COC(=O)C1CCCCC1C(=O)[O-])CC1CO1. The van der Waals surface area contributed by atoms with Gasteiger partial charge in [-0.25, -0.2) is 4.79 Å². The van der Waals surface area contributed by atoms with Crippen LogP contribution in [-0.2, 0) is 28.6 Å². The summed E-state index contributed by atoms with van der Waals surface area (Å²) >= 11 is 0. The topological polar surface area (TPSA) is 105 Å². The lowest BCUT2D eigenvalue weighted by molar-refractivity contribution is -0.314. The van der Waals surface area contributed by atoms with Gasteiger partial charge < -0.3 is 24.1 Å². The summed E-state index contributed by atoms with van der Waals surface area (Å²) in [5.41, 5.74) is 0. The van der Waals surface area contributed by atoms with Crippen molar-refractivity contribution < 1.29 is 33.7 Å². The molecule has 4 atom stereocenters. The lowest BCUT2D eigenvalue weighted by atomic mass is 9.79. The maximum Gasteiger partial charge on any atom is 0.330 e. The molecule has 1 saturated carbocycles. The first-order valence-corrected chi connectivity index (χ1v) is 7.83. The fourth-order valence-electron chi connectivity index (χ4n) is 2.84. The summed E-state index contributed by atoms with van der Waals surface area (Å²) in [6.45, 7) is 3.79. The van der Waals surface area contributed by atoms with E-state index in [0.717, 1.165) is 18.9 Å². The molecule has 4 unspecified atom stereocenters. The maximum atomic E-state index is 12.2. The van der Waals surface area contributed by atoms with Crippen LogP contribution in [0.2, 0.25) is 0 Å². The van der Waals surface area contributed by atoms with Gasteiger partial charge in [0.25, 0.3) is 0 Å². The Morgan fingerprint density at radius 3 is 2.48 bits per heavy atom. The quantitative estimate of drug-likeness (QED) is 0.350. The van der Waals surface area contributed by atoms with E-state index in [0.29, 0.717) is 25.9 Å². The van der Waals surface area contributed by atoms with E-state index in [1.807, 2.05) is 0 Å². The molecule has 128 valence electrons. The van der Waals surface area contributed by atoms with Gasteiger partial charge in [-0.2, -0.15) is 0 Å². The Morgan fingerprint density at radius 1 is 1.26 bits per heavy atom. The molecule has 1 aliphatic heterocycles. The van der Waals surface area contributed by atoms with Gasteiger partial charge in [0.2, 0.25) is 0 Å². The Balaban J connectivity index is 1.87. The first-order chi connectivity index (χ1) is 11.0. The van der Waals surface area contributed by atoms with Gasteiger partial charge in [-0.1, -0.05) is 19.4 Å². The molecular weight excluding hydrogens is 304 g/mol. The van der Waals surface area contributed by atoms with Crippen LogP contribution in [0.1, 0.15) is 32.1 Å². The number of carboxylic acid groups (broad SMARTS) is 1. The smallest absolute Gasteiger partial charge is 0.330 e. The number of rotatable bonds is 8. The van der Waals surface area contributed by atoms with Crippen molar-refractivity contribution in [2.24, 2.45) is 11.8 Å². The van der Waals surface area contributed by atoms with Crippen LogP contribution in [0.15, 0.2) is 12.7 Å². The number of carbonyl (C=O) groups excluding carboxylic acids is 3. The summed E-state index contributed by atoms with van der Waals surface area (Å²) in [7, 11) is 0.